The molecule has 0 spiro atoms. The number of hydrogen-bond donors (Lipinski definition) is 3. The summed E-state index contributed by atoms with van der Waals surface area (Å²) >= 11 is 0. The molecule has 0 saturated carbocycles. The Kier molecular flexibility index (Phi) is 3.38. The van der Waals surface area contributed by atoms with Gasteiger partial charge in [-0.25, -0.2) is 14.8 Å². The highest BCUT2D eigenvalue weighted by molar-refractivity contribution is 5.93. The summed E-state index contributed by atoms with van der Waals surface area (Å²) in [6.07, 6.45) is 0. The Hall–Kier alpha value is -2.21. The Morgan fingerprint density at radius 3 is 2.78 bits per heavy atom. The van der Waals surface area contributed by atoms with Crippen LogP contribution in [-0.4, -0.2) is 38.8 Å². The smallest absolute Gasteiger partial charge is 0.374 e. The molecule has 2 aromatic rings. The zero-order valence-electron chi connectivity index (χ0n) is 9.79. The molecule has 0 fully saturated rings. The second kappa shape index (κ2) is 4.97. The second-order valence-electron chi connectivity index (χ2n) is 3.95. The molecule has 0 saturated heterocycles. The zero-order valence-corrected chi connectivity index (χ0v) is 9.79. The lowest BCUT2D eigenvalue weighted by molar-refractivity contribution is 0.0684. The summed E-state index contributed by atoms with van der Waals surface area (Å²) in [5.41, 5.74) is 0.553. The van der Waals surface area contributed by atoms with E-state index in [-0.39, 0.29) is 18.5 Å². The summed E-state index contributed by atoms with van der Waals surface area (Å²) in [6.45, 7) is 1.71. The summed E-state index contributed by atoms with van der Waals surface area (Å²) < 4.78 is 0. The molecule has 0 amide bonds. The topological polar surface area (TPSA) is 95.3 Å². The van der Waals surface area contributed by atoms with Crippen LogP contribution in [-0.2, 0) is 0 Å². The average molecular weight is 247 g/mol. The second-order valence-corrected chi connectivity index (χ2v) is 3.95. The highest BCUT2D eigenvalue weighted by Gasteiger charge is 2.13. The summed E-state index contributed by atoms with van der Waals surface area (Å²) in [4.78, 5) is 18.9. The summed E-state index contributed by atoms with van der Waals surface area (Å²) in [5.74, 6) is -1.03. The number of hydrogen-bond acceptors (Lipinski definition) is 5. The molecule has 1 atom stereocenters. The van der Waals surface area contributed by atoms with Gasteiger partial charge in [-0.1, -0.05) is 12.1 Å². The fourth-order valence-electron chi connectivity index (χ4n) is 1.56. The lowest BCUT2D eigenvalue weighted by Gasteiger charge is -2.13. The third-order valence-electron chi connectivity index (χ3n) is 2.45. The number of rotatable bonds is 4. The van der Waals surface area contributed by atoms with Crippen molar-refractivity contribution in [3.8, 4) is 0 Å². The van der Waals surface area contributed by atoms with Gasteiger partial charge in [-0.2, -0.15) is 0 Å². The fourth-order valence-corrected chi connectivity index (χ4v) is 1.56. The number of nitrogens with zero attached hydrogens (tertiary/aromatic N) is 2. The van der Waals surface area contributed by atoms with Gasteiger partial charge >= 0.3 is 5.97 Å². The van der Waals surface area contributed by atoms with Gasteiger partial charge in [0.05, 0.1) is 12.1 Å². The van der Waals surface area contributed by atoms with E-state index in [4.69, 9.17) is 10.2 Å². The summed E-state index contributed by atoms with van der Waals surface area (Å²) in [7, 11) is 0. The Morgan fingerprint density at radius 1 is 1.39 bits per heavy atom. The molecule has 0 aliphatic carbocycles. The maximum Gasteiger partial charge on any atom is 0.374 e. The molecule has 94 valence electrons. The minimum atomic E-state index is -1.18. The van der Waals surface area contributed by atoms with E-state index in [1.807, 2.05) is 6.07 Å². The molecular formula is C12H13N3O3. The van der Waals surface area contributed by atoms with Gasteiger partial charge in [-0.05, 0) is 19.1 Å². The Labute approximate surface area is 103 Å². The number of aliphatic hydroxyl groups is 1. The van der Waals surface area contributed by atoms with E-state index < -0.39 is 5.97 Å². The van der Waals surface area contributed by atoms with Gasteiger partial charge in [0.25, 0.3) is 0 Å². The number of aromatic carboxylic acids is 1. The van der Waals surface area contributed by atoms with Crippen LogP contribution in [0.25, 0.3) is 10.9 Å². The minimum absolute atomic E-state index is 0.0687. The van der Waals surface area contributed by atoms with Crippen molar-refractivity contribution in [3.05, 3.63) is 30.1 Å². The maximum atomic E-state index is 11.0. The van der Waals surface area contributed by atoms with E-state index in [9.17, 15) is 4.79 Å². The molecule has 2 rings (SSSR count). The van der Waals surface area contributed by atoms with Gasteiger partial charge in [0, 0.05) is 11.4 Å². The molecule has 1 heterocycles. The monoisotopic (exact) mass is 247 g/mol. The zero-order chi connectivity index (χ0) is 13.1. The number of carboxylic acids is 1. The number of fused-ring (bicyclic) bond motifs is 1. The van der Waals surface area contributed by atoms with Crippen LogP contribution in [0.3, 0.4) is 0 Å². The fraction of sp³-hybridized carbons (Fsp3) is 0.250. The third-order valence-corrected chi connectivity index (χ3v) is 2.45. The minimum Gasteiger partial charge on any atom is -0.475 e. The Bertz CT molecular complexity index is 586. The lowest BCUT2D eigenvalue weighted by Crippen LogP contribution is -2.21. The first-order valence-electron chi connectivity index (χ1n) is 5.49. The van der Waals surface area contributed by atoms with Gasteiger partial charge in [0.15, 0.2) is 0 Å². The average Bonchev–Trinajstić information content (AvgIpc) is 2.38. The van der Waals surface area contributed by atoms with Gasteiger partial charge in [-0.15, -0.1) is 0 Å². The van der Waals surface area contributed by atoms with E-state index in [1.54, 1.807) is 25.1 Å². The molecule has 0 aliphatic rings. The number of carboxylic acid groups (broad SMARTS) is 1. The van der Waals surface area contributed by atoms with E-state index in [1.165, 1.54) is 0 Å². The highest BCUT2D eigenvalue weighted by atomic mass is 16.4. The molecule has 18 heavy (non-hydrogen) atoms. The normalized spacial score (nSPS) is 12.3. The molecule has 0 radical (unpaired) electrons. The van der Waals surface area contributed by atoms with Crippen LogP contribution < -0.4 is 5.32 Å². The highest BCUT2D eigenvalue weighted by Crippen LogP contribution is 2.20. The molecule has 6 heteroatoms. The van der Waals surface area contributed by atoms with Crippen molar-refractivity contribution in [2.24, 2.45) is 0 Å². The van der Waals surface area contributed by atoms with Crippen molar-refractivity contribution >= 4 is 22.7 Å². The van der Waals surface area contributed by atoms with E-state index in [0.29, 0.717) is 11.3 Å². The van der Waals surface area contributed by atoms with Crippen molar-refractivity contribution in [1.29, 1.82) is 0 Å². The lowest BCUT2D eigenvalue weighted by atomic mass is 10.2. The first-order valence-corrected chi connectivity index (χ1v) is 5.49. The SMILES string of the molecule is CC(CO)Nc1nc(C(=O)O)nc2ccccc12. The van der Waals surface area contributed by atoms with Crippen molar-refractivity contribution in [2.45, 2.75) is 13.0 Å². The van der Waals surface area contributed by atoms with Crippen molar-refractivity contribution in [3.63, 3.8) is 0 Å². The number of carbonyl (C=O) groups is 1. The quantitative estimate of drug-likeness (QED) is 0.749. The van der Waals surface area contributed by atoms with Gasteiger partial charge in [0.2, 0.25) is 5.82 Å². The van der Waals surface area contributed by atoms with Crippen LogP contribution in [0.15, 0.2) is 24.3 Å². The molecule has 1 unspecified atom stereocenters. The molecular weight excluding hydrogens is 234 g/mol. The Morgan fingerprint density at radius 2 is 2.11 bits per heavy atom. The molecule has 0 bridgehead atoms. The van der Waals surface area contributed by atoms with Crippen molar-refractivity contribution in [1.82, 2.24) is 9.97 Å². The van der Waals surface area contributed by atoms with E-state index in [0.717, 1.165) is 5.39 Å². The number of benzene rings is 1. The largest absolute Gasteiger partial charge is 0.475 e. The number of aromatic nitrogens is 2. The van der Waals surface area contributed by atoms with Gasteiger partial charge < -0.3 is 15.5 Å². The first-order chi connectivity index (χ1) is 8.61. The van der Waals surface area contributed by atoms with Crippen LogP contribution in [0.1, 0.15) is 17.5 Å². The van der Waals surface area contributed by atoms with Crippen LogP contribution in [0.2, 0.25) is 0 Å². The molecule has 1 aromatic heterocycles. The first kappa shape index (κ1) is 12.3. The standard InChI is InChI=1S/C12H13N3O3/c1-7(6-16)13-10-8-4-2-3-5-9(8)14-11(15-10)12(17)18/h2-5,7,16H,6H2,1H3,(H,17,18)(H,13,14,15). The molecule has 3 N–H and O–H groups in total. The van der Waals surface area contributed by atoms with Crippen LogP contribution >= 0.6 is 0 Å². The van der Waals surface area contributed by atoms with E-state index in [2.05, 4.69) is 15.3 Å². The summed E-state index contributed by atoms with van der Waals surface area (Å²) in [6, 6.07) is 6.90. The van der Waals surface area contributed by atoms with Crippen molar-refractivity contribution < 1.29 is 15.0 Å². The molecule has 6 nitrogen and oxygen atoms in total. The number of nitrogens with one attached hydrogen (secondary N) is 1. The number of anilines is 1. The third kappa shape index (κ3) is 2.38. The summed E-state index contributed by atoms with van der Waals surface area (Å²) in [5, 5.41) is 21.7. The predicted octanol–water partition coefficient (Wildman–Crippen LogP) is 1.12. The Balaban J connectivity index is 2.57. The molecule has 0 aliphatic heterocycles. The predicted molar refractivity (Wildman–Crippen MR) is 66.7 cm³/mol. The molecule has 1 aromatic carbocycles. The van der Waals surface area contributed by atoms with Gasteiger partial charge in [0.1, 0.15) is 5.82 Å². The van der Waals surface area contributed by atoms with E-state index >= 15 is 0 Å². The van der Waals surface area contributed by atoms with Crippen molar-refractivity contribution in [2.75, 3.05) is 11.9 Å². The van der Waals surface area contributed by atoms with Crippen LogP contribution in [0, 0.1) is 0 Å². The number of aliphatic hydroxyl groups excluding tert-OH is 1. The van der Waals surface area contributed by atoms with Crippen LogP contribution in [0.4, 0.5) is 5.82 Å². The number of para-hydroxylation sites is 1. The van der Waals surface area contributed by atoms with Gasteiger partial charge in [-0.3, -0.25) is 0 Å². The van der Waals surface area contributed by atoms with Crippen LogP contribution in [0.5, 0.6) is 0 Å². The maximum absolute atomic E-state index is 11.0.